The number of aromatic nitrogens is 2. The lowest BCUT2D eigenvalue weighted by Gasteiger charge is -2.06. The van der Waals surface area contributed by atoms with Crippen LogP contribution in [0.1, 0.15) is 41.9 Å². The van der Waals surface area contributed by atoms with Crippen molar-refractivity contribution in [3.8, 4) is 0 Å². The van der Waals surface area contributed by atoms with Gasteiger partial charge in [-0.25, -0.2) is 0 Å². The van der Waals surface area contributed by atoms with Crippen molar-refractivity contribution in [2.24, 2.45) is 0 Å². The smallest absolute Gasteiger partial charge is 0.313 e. The van der Waals surface area contributed by atoms with Gasteiger partial charge in [-0.2, -0.15) is 0 Å². The lowest BCUT2D eigenvalue weighted by molar-refractivity contribution is 0.0988. The molecule has 1 heterocycles. The highest BCUT2D eigenvalue weighted by Gasteiger charge is 2.17. The van der Waals surface area contributed by atoms with Crippen LogP contribution in [0.4, 0.5) is 5.69 Å². The zero-order chi connectivity index (χ0) is 14.0. The van der Waals surface area contributed by atoms with Gasteiger partial charge in [0.2, 0.25) is 5.89 Å². The maximum absolute atomic E-state index is 12.0. The summed E-state index contributed by atoms with van der Waals surface area (Å²) in [7, 11) is 0. The van der Waals surface area contributed by atoms with Crippen LogP contribution >= 0.6 is 11.6 Å². The van der Waals surface area contributed by atoms with Crippen molar-refractivity contribution in [1.29, 1.82) is 0 Å². The highest BCUT2D eigenvalue weighted by Crippen LogP contribution is 2.21. The first-order valence-corrected chi connectivity index (χ1v) is 6.26. The normalized spacial score (nSPS) is 10.8. The van der Waals surface area contributed by atoms with Crippen molar-refractivity contribution in [3.05, 3.63) is 40.6 Å². The van der Waals surface area contributed by atoms with E-state index in [1.807, 2.05) is 26.8 Å². The van der Waals surface area contributed by atoms with E-state index >= 15 is 0 Å². The summed E-state index contributed by atoms with van der Waals surface area (Å²) in [6, 6.07) is 5.26. The van der Waals surface area contributed by atoms with Crippen LogP contribution in [0.25, 0.3) is 0 Å². The molecule has 0 fully saturated rings. The van der Waals surface area contributed by atoms with Crippen LogP contribution < -0.4 is 5.32 Å². The largest absolute Gasteiger partial charge is 0.417 e. The Morgan fingerprint density at radius 3 is 2.74 bits per heavy atom. The van der Waals surface area contributed by atoms with E-state index in [0.717, 1.165) is 5.56 Å². The lowest BCUT2D eigenvalue weighted by Crippen LogP contribution is -2.13. The number of carbonyl (C=O) groups excluding carboxylic acids is 1. The SMILES string of the molecule is Cc1ccc(Cl)cc1NC(=O)c1nnc(C(C)C)o1. The number of hydrogen-bond acceptors (Lipinski definition) is 4. The molecule has 0 atom stereocenters. The maximum Gasteiger partial charge on any atom is 0.313 e. The minimum Gasteiger partial charge on any atom is -0.417 e. The second-order valence-corrected chi connectivity index (χ2v) is 4.95. The molecule has 1 aromatic carbocycles. The van der Waals surface area contributed by atoms with Gasteiger partial charge in [0.25, 0.3) is 0 Å². The molecule has 0 spiro atoms. The fraction of sp³-hybridized carbons (Fsp3) is 0.308. The van der Waals surface area contributed by atoms with Gasteiger partial charge in [0.05, 0.1) is 0 Å². The zero-order valence-electron chi connectivity index (χ0n) is 10.9. The van der Waals surface area contributed by atoms with Gasteiger partial charge < -0.3 is 9.73 Å². The molecule has 0 aliphatic rings. The number of rotatable bonds is 3. The molecular formula is C13H14ClN3O2. The monoisotopic (exact) mass is 279 g/mol. The van der Waals surface area contributed by atoms with E-state index in [2.05, 4.69) is 15.5 Å². The summed E-state index contributed by atoms with van der Waals surface area (Å²) >= 11 is 5.89. The van der Waals surface area contributed by atoms with Crippen LogP contribution in [0.2, 0.25) is 5.02 Å². The fourth-order valence-corrected chi connectivity index (χ4v) is 1.64. The summed E-state index contributed by atoms with van der Waals surface area (Å²) in [6.45, 7) is 5.70. The van der Waals surface area contributed by atoms with Gasteiger partial charge in [-0.3, -0.25) is 4.79 Å². The third kappa shape index (κ3) is 3.12. The van der Waals surface area contributed by atoms with Crippen molar-refractivity contribution in [3.63, 3.8) is 0 Å². The molecule has 0 aliphatic heterocycles. The van der Waals surface area contributed by atoms with Crippen LogP contribution in [0, 0.1) is 6.92 Å². The van der Waals surface area contributed by atoms with Gasteiger partial charge in [-0.1, -0.05) is 31.5 Å². The average Bonchev–Trinajstić information content (AvgIpc) is 2.83. The molecular weight excluding hydrogens is 266 g/mol. The predicted octanol–water partition coefficient (Wildman–Crippen LogP) is 3.41. The number of hydrogen-bond donors (Lipinski definition) is 1. The fourth-order valence-electron chi connectivity index (χ4n) is 1.46. The van der Waals surface area contributed by atoms with Crippen LogP contribution in [-0.2, 0) is 0 Å². The number of aryl methyl sites for hydroxylation is 1. The second-order valence-electron chi connectivity index (χ2n) is 4.51. The van der Waals surface area contributed by atoms with E-state index < -0.39 is 5.91 Å². The number of benzene rings is 1. The van der Waals surface area contributed by atoms with E-state index in [-0.39, 0.29) is 11.8 Å². The van der Waals surface area contributed by atoms with Gasteiger partial charge in [0.15, 0.2) is 0 Å². The molecule has 0 radical (unpaired) electrons. The van der Waals surface area contributed by atoms with Crippen LogP contribution in [0.5, 0.6) is 0 Å². The summed E-state index contributed by atoms with van der Waals surface area (Å²) in [5, 5.41) is 10.8. The van der Waals surface area contributed by atoms with E-state index in [4.69, 9.17) is 16.0 Å². The Morgan fingerprint density at radius 2 is 2.11 bits per heavy atom. The first-order valence-electron chi connectivity index (χ1n) is 5.88. The molecule has 2 rings (SSSR count). The van der Waals surface area contributed by atoms with E-state index in [0.29, 0.717) is 16.6 Å². The summed E-state index contributed by atoms with van der Waals surface area (Å²) in [5.41, 5.74) is 1.53. The first-order chi connectivity index (χ1) is 8.97. The Bertz CT molecular complexity index is 608. The zero-order valence-corrected chi connectivity index (χ0v) is 11.7. The summed E-state index contributed by atoms with van der Waals surface area (Å²) < 4.78 is 5.28. The lowest BCUT2D eigenvalue weighted by atomic mass is 10.2. The van der Waals surface area contributed by atoms with Crippen molar-refractivity contribution in [2.45, 2.75) is 26.7 Å². The van der Waals surface area contributed by atoms with Crippen molar-refractivity contribution >= 4 is 23.2 Å². The second kappa shape index (κ2) is 5.40. The molecule has 0 bridgehead atoms. The predicted molar refractivity (Wildman–Crippen MR) is 72.5 cm³/mol. The van der Waals surface area contributed by atoms with Crippen molar-refractivity contribution < 1.29 is 9.21 Å². The van der Waals surface area contributed by atoms with Crippen LogP contribution in [0.3, 0.4) is 0 Å². The Morgan fingerprint density at radius 1 is 1.37 bits per heavy atom. The Kier molecular flexibility index (Phi) is 3.85. The van der Waals surface area contributed by atoms with Crippen molar-refractivity contribution in [1.82, 2.24) is 10.2 Å². The van der Waals surface area contributed by atoms with E-state index in [9.17, 15) is 4.79 Å². The number of nitrogens with one attached hydrogen (secondary N) is 1. The van der Waals surface area contributed by atoms with Crippen LogP contribution in [-0.4, -0.2) is 16.1 Å². The number of anilines is 1. The third-order valence-corrected chi connectivity index (χ3v) is 2.81. The first kappa shape index (κ1) is 13.5. The van der Waals surface area contributed by atoms with E-state index in [1.54, 1.807) is 12.1 Å². The number of nitrogens with zero attached hydrogens (tertiary/aromatic N) is 2. The van der Waals surface area contributed by atoms with Gasteiger partial charge in [-0.05, 0) is 24.6 Å². The van der Waals surface area contributed by atoms with Crippen LogP contribution in [0.15, 0.2) is 22.6 Å². The molecule has 0 aliphatic carbocycles. The van der Waals surface area contributed by atoms with E-state index in [1.165, 1.54) is 0 Å². The third-order valence-electron chi connectivity index (χ3n) is 2.58. The molecule has 0 saturated heterocycles. The Balaban J connectivity index is 2.18. The minimum atomic E-state index is -0.440. The molecule has 1 amide bonds. The molecule has 6 heteroatoms. The number of amides is 1. The quantitative estimate of drug-likeness (QED) is 0.935. The molecule has 0 saturated carbocycles. The molecule has 19 heavy (non-hydrogen) atoms. The standard InChI is InChI=1S/C13H14ClN3O2/c1-7(2)12-16-17-13(19-12)11(18)15-10-6-9(14)5-4-8(10)3/h4-7H,1-3H3,(H,15,18). The highest BCUT2D eigenvalue weighted by molar-refractivity contribution is 6.31. The average molecular weight is 280 g/mol. The van der Waals surface area contributed by atoms with Gasteiger partial charge in [0, 0.05) is 16.6 Å². The number of carbonyl (C=O) groups is 1. The topological polar surface area (TPSA) is 68.0 Å². The highest BCUT2D eigenvalue weighted by atomic mass is 35.5. The van der Waals surface area contributed by atoms with Gasteiger partial charge >= 0.3 is 11.8 Å². The summed E-state index contributed by atoms with van der Waals surface area (Å²) in [4.78, 5) is 12.0. The number of halogens is 1. The molecule has 2 aromatic rings. The molecule has 5 nitrogen and oxygen atoms in total. The summed E-state index contributed by atoms with van der Waals surface area (Å²) in [6.07, 6.45) is 0. The Labute approximate surface area is 116 Å². The minimum absolute atomic E-state index is 0.0527. The molecule has 1 N–H and O–H groups in total. The molecule has 100 valence electrons. The molecule has 1 aromatic heterocycles. The molecule has 0 unspecified atom stereocenters. The summed E-state index contributed by atoms with van der Waals surface area (Å²) in [5.74, 6) is 0.0303. The van der Waals surface area contributed by atoms with Gasteiger partial charge in [0.1, 0.15) is 0 Å². The Hall–Kier alpha value is -1.88. The maximum atomic E-state index is 12.0. The van der Waals surface area contributed by atoms with Gasteiger partial charge in [-0.15, -0.1) is 10.2 Å². The van der Waals surface area contributed by atoms with Crippen molar-refractivity contribution in [2.75, 3.05) is 5.32 Å².